The Balaban J connectivity index is 0.000000490. The van der Waals surface area contributed by atoms with E-state index in [1.807, 2.05) is 6.08 Å². The summed E-state index contributed by atoms with van der Waals surface area (Å²) >= 11 is 4.81. The number of hydrogen-bond acceptors (Lipinski definition) is 2. The summed E-state index contributed by atoms with van der Waals surface area (Å²) in [5.74, 6) is 0. The Labute approximate surface area is 66.6 Å². The molecule has 0 aliphatic carbocycles. The van der Waals surface area contributed by atoms with Crippen molar-refractivity contribution >= 4 is 23.3 Å². The molecule has 0 radical (unpaired) electrons. The molecule has 38 valence electrons. The fourth-order valence-corrected chi connectivity index (χ4v) is 0.566. The minimum Gasteiger partial charge on any atom is -0.264 e. The third-order valence-electron chi connectivity index (χ3n) is 0.729. The molecule has 0 aromatic heterocycles. The first kappa shape index (κ1) is 8.12. The van der Waals surface area contributed by atoms with E-state index in [-0.39, 0.29) is 19.5 Å². The standard InChI is InChI=1S/C5H5NS.Zn/c7-5-2-1-3-6-4-5;/h1,3-4H,2H2;. The molecule has 1 rings (SSSR count). The zero-order valence-electron chi connectivity index (χ0n) is 4.50. The van der Waals surface area contributed by atoms with Crippen LogP contribution in [0.5, 0.6) is 0 Å². The van der Waals surface area contributed by atoms with Gasteiger partial charge in [0.15, 0.2) is 0 Å². The van der Waals surface area contributed by atoms with Gasteiger partial charge in [0, 0.05) is 43.2 Å². The molecule has 3 heteroatoms. The maximum Gasteiger partial charge on any atom is 0.0410 e. The van der Waals surface area contributed by atoms with E-state index in [0.717, 1.165) is 11.3 Å². The predicted octanol–water partition coefficient (Wildman–Crippen LogP) is 1.34. The predicted molar refractivity (Wildman–Crippen MR) is 34.8 cm³/mol. The van der Waals surface area contributed by atoms with Crippen LogP contribution in [0.1, 0.15) is 6.42 Å². The van der Waals surface area contributed by atoms with E-state index in [1.165, 1.54) is 0 Å². The molecule has 1 aliphatic heterocycles. The van der Waals surface area contributed by atoms with Gasteiger partial charge in [-0.15, -0.1) is 0 Å². The van der Waals surface area contributed by atoms with Crippen molar-refractivity contribution in [2.24, 2.45) is 4.99 Å². The third-order valence-corrected chi connectivity index (χ3v) is 1.00. The van der Waals surface area contributed by atoms with Gasteiger partial charge in [-0.3, -0.25) is 4.99 Å². The minimum atomic E-state index is 0. The summed E-state index contributed by atoms with van der Waals surface area (Å²) in [4.78, 5) is 4.73. The first-order valence-corrected chi connectivity index (χ1v) is 2.51. The molecule has 8 heavy (non-hydrogen) atoms. The van der Waals surface area contributed by atoms with E-state index in [9.17, 15) is 0 Å². The maximum absolute atomic E-state index is 4.81. The molecule has 0 spiro atoms. The van der Waals surface area contributed by atoms with Crippen LogP contribution in [-0.2, 0) is 19.5 Å². The second-order valence-electron chi connectivity index (χ2n) is 1.33. The molecule has 0 bridgehead atoms. The normalized spacial score (nSPS) is 15.8. The van der Waals surface area contributed by atoms with Gasteiger partial charge in [-0.1, -0.05) is 18.3 Å². The van der Waals surface area contributed by atoms with Gasteiger partial charge in [0.2, 0.25) is 0 Å². The van der Waals surface area contributed by atoms with Gasteiger partial charge in [-0.25, -0.2) is 0 Å². The Kier molecular flexibility index (Phi) is 4.11. The van der Waals surface area contributed by atoms with E-state index in [0.29, 0.717) is 0 Å². The fourth-order valence-electron chi connectivity index (χ4n) is 0.409. The van der Waals surface area contributed by atoms with Crippen LogP contribution in [0.3, 0.4) is 0 Å². The topological polar surface area (TPSA) is 12.4 Å². The van der Waals surface area contributed by atoms with E-state index < -0.39 is 0 Å². The molecule has 0 saturated carbocycles. The molecule has 0 unspecified atom stereocenters. The monoisotopic (exact) mass is 175 g/mol. The second kappa shape index (κ2) is 4.05. The van der Waals surface area contributed by atoms with Gasteiger partial charge in [0.1, 0.15) is 0 Å². The summed E-state index contributed by atoms with van der Waals surface area (Å²) in [6.07, 6.45) is 6.30. The maximum atomic E-state index is 4.81. The van der Waals surface area contributed by atoms with E-state index in [1.54, 1.807) is 12.4 Å². The van der Waals surface area contributed by atoms with Gasteiger partial charge < -0.3 is 0 Å². The summed E-state index contributed by atoms with van der Waals surface area (Å²) in [5, 5.41) is 0. The van der Waals surface area contributed by atoms with Crippen LogP contribution in [-0.4, -0.2) is 11.1 Å². The molecule has 1 aliphatic rings. The number of nitrogens with zero attached hydrogens (tertiary/aromatic N) is 1. The molecule has 0 fully saturated rings. The summed E-state index contributed by atoms with van der Waals surface area (Å²) in [6, 6.07) is 0. The van der Waals surface area contributed by atoms with Gasteiger partial charge in [-0.05, 0) is 0 Å². The van der Waals surface area contributed by atoms with Gasteiger partial charge in [0.05, 0.1) is 0 Å². The van der Waals surface area contributed by atoms with Crippen molar-refractivity contribution < 1.29 is 19.5 Å². The number of aliphatic imine (C=N–C) groups is 1. The number of thiocarbonyl (C=S) groups is 1. The largest absolute Gasteiger partial charge is 0.264 e. The van der Waals surface area contributed by atoms with Gasteiger partial charge in [0.25, 0.3) is 0 Å². The Bertz CT molecular complexity index is 139. The number of allylic oxidation sites excluding steroid dienone is 1. The van der Waals surface area contributed by atoms with E-state index in [2.05, 4.69) is 4.99 Å². The van der Waals surface area contributed by atoms with Crippen molar-refractivity contribution in [3.63, 3.8) is 0 Å². The first-order chi connectivity index (χ1) is 3.39. The molecular formula is C5H5NSZn. The van der Waals surface area contributed by atoms with Crippen LogP contribution >= 0.6 is 12.2 Å². The Hall–Kier alpha value is 0.123. The van der Waals surface area contributed by atoms with Crippen molar-refractivity contribution in [1.29, 1.82) is 0 Å². The van der Waals surface area contributed by atoms with Crippen molar-refractivity contribution in [2.45, 2.75) is 6.42 Å². The zero-order valence-corrected chi connectivity index (χ0v) is 8.29. The Morgan fingerprint density at radius 2 is 2.38 bits per heavy atom. The Morgan fingerprint density at radius 1 is 1.62 bits per heavy atom. The van der Waals surface area contributed by atoms with Crippen molar-refractivity contribution in [3.05, 3.63) is 12.3 Å². The second-order valence-corrected chi connectivity index (χ2v) is 1.86. The summed E-state index contributed by atoms with van der Waals surface area (Å²) in [6.45, 7) is 0. The van der Waals surface area contributed by atoms with E-state index in [4.69, 9.17) is 12.2 Å². The van der Waals surface area contributed by atoms with Crippen LogP contribution in [0.25, 0.3) is 0 Å². The van der Waals surface area contributed by atoms with E-state index >= 15 is 0 Å². The summed E-state index contributed by atoms with van der Waals surface area (Å²) < 4.78 is 0. The molecule has 0 saturated heterocycles. The van der Waals surface area contributed by atoms with Crippen LogP contribution in [0, 0.1) is 0 Å². The van der Waals surface area contributed by atoms with Crippen molar-refractivity contribution in [1.82, 2.24) is 0 Å². The van der Waals surface area contributed by atoms with Crippen molar-refractivity contribution in [2.75, 3.05) is 0 Å². The summed E-state index contributed by atoms with van der Waals surface area (Å²) in [7, 11) is 0. The molecule has 1 nitrogen and oxygen atoms in total. The molecule has 0 aromatic carbocycles. The minimum absolute atomic E-state index is 0. The molecule has 0 N–H and O–H groups in total. The van der Waals surface area contributed by atoms with Gasteiger partial charge >= 0.3 is 0 Å². The average Bonchev–Trinajstić information content (AvgIpc) is 1.69. The van der Waals surface area contributed by atoms with Crippen LogP contribution in [0.15, 0.2) is 17.3 Å². The molecule has 0 aromatic rings. The molecule has 0 atom stereocenters. The van der Waals surface area contributed by atoms with Crippen LogP contribution < -0.4 is 0 Å². The number of hydrogen-bond donors (Lipinski definition) is 0. The quantitative estimate of drug-likeness (QED) is 0.401. The molecule has 1 heterocycles. The molecular weight excluding hydrogens is 172 g/mol. The van der Waals surface area contributed by atoms with Crippen LogP contribution in [0.2, 0.25) is 0 Å². The SMILES string of the molecule is S=C1C=NC=CC1.[Zn]. The molecule has 0 amide bonds. The van der Waals surface area contributed by atoms with Crippen LogP contribution in [0.4, 0.5) is 0 Å². The zero-order chi connectivity index (χ0) is 5.11. The summed E-state index contributed by atoms with van der Waals surface area (Å²) in [5.41, 5.74) is 0. The Morgan fingerprint density at radius 3 is 2.62 bits per heavy atom. The van der Waals surface area contributed by atoms with Crippen molar-refractivity contribution in [3.8, 4) is 0 Å². The fraction of sp³-hybridized carbons (Fsp3) is 0.200. The first-order valence-electron chi connectivity index (χ1n) is 2.10. The number of rotatable bonds is 0. The smallest absolute Gasteiger partial charge is 0.0410 e. The van der Waals surface area contributed by atoms with Gasteiger partial charge in [-0.2, -0.15) is 0 Å². The average molecular weight is 177 g/mol. The third kappa shape index (κ3) is 2.44.